The van der Waals surface area contributed by atoms with E-state index < -0.39 is 12.6 Å². The van der Waals surface area contributed by atoms with Crippen LogP contribution in [0.3, 0.4) is 0 Å². The van der Waals surface area contributed by atoms with Gasteiger partial charge in [-0.1, -0.05) is 0 Å². The normalized spacial score (nSPS) is 15.3. The van der Waals surface area contributed by atoms with Crippen molar-refractivity contribution >= 4 is 11.9 Å². The van der Waals surface area contributed by atoms with E-state index in [0.29, 0.717) is 24.5 Å². The number of nitrogens with zero attached hydrogens (tertiary/aromatic N) is 1. The van der Waals surface area contributed by atoms with Crippen molar-refractivity contribution in [3.8, 4) is 5.75 Å². The van der Waals surface area contributed by atoms with Crippen LogP contribution in [0.15, 0.2) is 12.1 Å². The summed E-state index contributed by atoms with van der Waals surface area (Å²) in [6, 6.07) is 3.42. The zero-order chi connectivity index (χ0) is 16.1. The largest absolute Gasteiger partial charge is 0.481 e. The molecule has 120 valence electrons. The van der Waals surface area contributed by atoms with Crippen LogP contribution < -0.4 is 4.74 Å². The molecule has 0 bridgehead atoms. The van der Waals surface area contributed by atoms with E-state index in [1.807, 2.05) is 0 Å². The van der Waals surface area contributed by atoms with Crippen LogP contribution in [0.5, 0.6) is 5.75 Å². The smallest absolute Gasteiger partial charge is 0.341 e. The molecule has 0 aliphatic carbocycles. The fourth-order valence-corrected chi connectivity index (χ4v) is 2.51. The van der Waals surface area contributed by atoms with Crippen molar-refractivity contribution in [3.05, 3.63) is 28.8 Å². The molecule has 1 aromatic rings. The topological polar surface area (TPSA) is 76.1 Å². The second kappa shape index (κ2) is 7.26. The summed E-state index contributed by atoms with van der Waals surface area (Å²) in [5.74, 6) is -0.689. The molecule has 0 radical (unpaired) electrons. The summed E-state index contributed by atoms with van der Waals surface area (Å²) >= 11 is 0. The van der Waals surface area contributed by atoms with Crippen molar-refractivity contribution in [2.75, 3.05) is 19.8 Å². The van der Waals surface area contributed by atoms with Crippen molar-refractivity contribution < 1.29 is 24.3 Å². The third-order valence-electron chi connectivity index (χ3n) is 3.53. The maximum absolute atomic E-state index is 12.5. The number of amides is 1. The van der Waals surface area contributed by atoms with Gasteiger partial charge in [0, 0.05) is 12.1 Å². The molecule has 1 saturated heterocycles. The molecule has 6 heteroatoms. The number of hydrogen-bond donors (Lipinski definition) is 1. The molecule has 1 aliphatic rings. The number of carboxylic acid groups (broad SMARTS) is 1. The van der Waals surface area contributed by atoms with Crippen LogP contribution in [0, 0.1) is 13.8 Å². The summed E-state index contributed by atoms with van der Waals surface area (Å²) in [5.41, 5.74) is 2.00. The average molecular weight is 307 g/mol. The van der Waals surface area contributed by atoms with Gasteiger partial charge in [0.05, 0.1) is 6.61 Å². The van der Waals surface area contributed by atoms with Gasteiger partial charge in [-0.25, -0.2) is 9.86 Å². The van der Waals surface area contributed by atoms with Crippen LogP contribution in [0.4, 0.5) is 0 Å². The fourth-order valence-electron chi connectivity index (χ4n) is 2.51. The lowest BCUT2D eigenvalue weighted by molar-refractivity contribution is -0.139. The molecule has 1 aliphatic heterocycles. The molecule has 1 amide bonds. The highest BCUT2D eigenvalue weighted by Crippen LogP contribution is 2.26. The summed E-state index contributed by atoms with van der Waals surface area (Å²) in [6.07, 6.45) is 2.96. The Morgan fingerprint density at radius 2 is 1.91 bits per heavy atom. The molecule has 0 spiro atoms. The Kier molecular flexibility index (Phi) is 5.38. The van der Waals surface area contributed by atoms with E-state index in [1.54, 1.807) is 26.0 Å². The summed E-state index contributed by atoms with van der Waals surface area (Å²) < 4.78 is 5.27. The molecule has 0 atom stereocenters. The molecule has 0 saturated carbocycles. The Hall–Kier alpha value is -2.08. The Bertz CT molecular complexity index is 539. The predicted molar refractivity (Wildman–Crippen MR) is 79.9 cm³/mol. The quantitative estimate of drug-likeness (QED) is 0.924. The second-order valence-electron chi connectivity index (χ2n) is 5.42. The van der Waals surface area contributed by atoms with Gasteiger partial charge in [0.15, 0.2) is 6.61 Å². The minimum absolute atomic E-state index is 0.169. The summed E-state index contributed by atoms with van der Waals surface area (Å²) in [5, 5.41) is 10.1. The number of rotatable bonds is 4. The van der Waals surface area contributed by atoms with Gasteiger partial charge in [-0.15, -0.1) is 0 Å². The van der Waals surface area contributed by atoms with Crippen LogP contribution in [0.25, 0.3) is 0 Å². The lowest BCUT2D eigenvalue weighted by Gasteiger charge is -2.20. The first-order chi connectivity index (χ1) is 10.5. The molecule has 1 heterocycles. The van der Waals surface area contributed by atoms with Gasteiger partial charge in [0.2, 0.25) is 0 Å². The molecule has 6 nitrogen and oxygen atoms in total. The van der Waals surface area contributed by atoms with E-state index in [-0.39, 0.29) is 5.91 Å². The van der Waals surface area contributed by atoms with E-state index in [0.717, 1.165) is 30.4 Å². The number of aryl methyl sites for hydroxylation is 2. The number of hydrogen-bond acceptors (Lipinski definition) is 4. The first kappa shape index (κ1) is 16.3. The van der Waals surface area contributed by atoms with Gasteiger partial charge in [-0.3, -0.25) is 9.63 Å². The molecule has 0 unspecified atom stereocenters. The predicted octanol–water partition coefficient (Wildman–Crippen LogP) is 2.32. The van der Waals surface area contributed by atoms with E-state index >= 15 is 0 Å². The van der Waals surface area contributed by atoms with Crippen molar-refractivity contribution in [1.82, 2.24) is 5.06 Å². The molecule has 1 N–H and O–H groups in total. The summed E-state index contributed by atoms with van der Waals surface area (Å²) in [4.78, 5) is 28.6. The lowest BCUT2D eigenvalue weighted by Crippen LogP contribution is -2.31. The number of hydroxylamine groups is 2. The third-order valence-corrected chi connectivity index (χ3v) is 3.53. The standard InChI is InChI=1S/C16H21NO5/c1-11-8-13(9-12(2)15(11)21-10-14(18)19)16(20)17-6-4-3-5-7-22-17/h8-9H,3-7,10H2,1-2H3,(H,18,19). The molecule has 1 fully saturated rings. The van der Waals surface area contributed by atoms with Crippen molar-refractivity contribution in [3.63, 3.8) is 0 Å². The highest BCUT2D eigenvalue weighted by molar-refractivity contribution is 5.94. The van der Waals surface area contributed by atoms with Crippen LogP contribution >= 0.6 is 0 Å². The van der Waals surface area contributed by atoms with Crippen LogP contribution in [-0.4, -0.2) is 41.8 Å². The highest BCUT2D eigenvalue weighted by Gasteiger charge is 2.20. The van der Waals surface area contributed by atoms with Gasteiger partial charge < -0.3 is 9.84 Å². The average Bonchev–Trinajstić information content (AvgIpc) is 2.74. The summed E-state index contributed by atoms with van der Waals surface area (Å²) in [6.45, 7) is 4.34. The van der Waals surface area contributed by atoms with Gasteiger partial charge in [-0.2, -0.15) is 0 Å². The minimum atomic E-state index is -1.03. The van der Waals surface area contributed by atoms with Crippen molar-refractivity contribution in [2.24, 2.45) is 0 Å². The van der Waals surface area contributed by atoms with Gasteiger partial charge in [0.1, 0.15) is 5.75 Å². The number of benzene rings is 1. The van der Waals surface area contributed by atoms with Crippen LogP contribution in [-0.2, 0) is 9.63 Å². The second-order valence-corrected chi connectivity index (χ2v) is 5.42. The Labute approximate surface area is 129 Å². The number of ether oxygens (including phenoxy) is 1. The SMILES string of the molecule is Cc1cc(C(=O)N2CCCCCO2)cc(C)c1OCC(=O)O. The molecular formula is C16H21NO5. The zero-order valence-corrected chi connectivity index (χ0v) is 12.9. The number of carbonyl (C=O) groups is 2. The van der Waals surface area contributed by atoms with E-state index in [9.17, 15) is 9.59 Å². The Morgan fingerprint density at radius 1 is 1.23 bits per heavy atom. The van der Waals surface area contributed by atoms with Crippen LogP contribution in [0.1, 0.15) is 40.7 Å². The van der Waals surface area contributed by atoms with Gasteiger partial charge in [-0.05, 0) is 56.4 Å². The highest BCUT2D eigenvalue weighted by atomic mass is 16.7. The molecule has 1 aromatic carbocycles. The Morgan fingerprint density at radius 3 is 2.55 bits per heavy atom. The maximum atomic E-state index is 12.5. The summed E-state index contributed by atoms with van der Waals surface area (Å²) in [7, 11) is 0. The fraction of sp³-hybridized carbons (Fsp3) is 0.500. The molecule has 22 heavy (non-hydrogen) atoms. The number of carbonyl (C=O) groups excluding carboxylic acids is 1. The molecule has 0 aromatic heterocycles. The van der Waals surface area contributed by atoms with Crippen molar-refractivity contribution in [1.29, 1.82) is 0 Å². The van der Waals surface area contributed by atoms with Crippen LogP contribution in [0.2, 0.25) is 0 Å². The number of carboxylic acids is 1. The van der Waals surface area contributed by atoms with Gasteiger partial charge >= 0.3 is 5.97 Å². The minimum Gasteiger partial charge on any atom is -0.481 e. The zero-order valence-electron chi connectivity index (χ0n) is 12.9. The monoisotopic (exact) mass is 307 g/mol. The third kappa shape index (κ3) is 3.98. The first-order valence-electron chi connectivity index (χ1n) is 7.39. The number of aliphatic carboxylic acids is 1. The molecule has 2 rings (SSSR count). The molecular weight excluding hydrogens is 286 g/mol. The first-order valence-corrected chi connectivity index (χ1v) is 7.39. The van der Waals surface area contributed by atoms with Crippen molar-refractivity contribution in [2.45, 2.75) is 33.1 Å². The van der Waals surface area contributed by atoms with E-state index in [4.69, 9.17) is 14.7 Å². The Balaban J connectivity index is 2.17. The lowest BCUT2D eigenvalue weighted by atomic mass is 10.0. The maximum Gasteiger partial charge on any atom is 0.341 e. The van der Waals surface area contributed by atoms with E-state index in [1.165, 1.54) is 5.06 Å². The van der Waals surface area contributed by atoms with E-state index in [2.05, 4.69) is 0 Å². The van der Waals surface area contributed by atoms with Gasteiger partial charge in [0.25, 0.3) is 5.91 Å².